The molecule has 1 saturated heterocycles. The average molecular weight is 204 g/mol. The van der Waals surface area contributed by atoms with Gasteiger partial charge >= 0.3 is 0 Å². The molecular weight excluding hydrogens is 184 g/mol. The molecule has 0 aromatic carbocycles. The first kappa shape index (κ1) is 11.1. The maximum atomic E-state index is 10.9. The third kappa shape index (κ3) is 4.74. The van der Waals surface area contributed by atoms with Crippen molar-refractivity contribution in [1.29, 1.82) is 0 Å². The molecule has 0 spiro atoms. The van der Waals surface area contributed by atoms with E-state index in [2.05, 4.69) is 17.1 Å². The van der Waals surface area contributed by atoms with E-state index in [0.29, 0.717) is 5.92 Å². The molecule has 78 valence electrons. The Hall–Kier alpha value is 0.0700. The zero-order chi connectivity index (χ0) is 9.68. The molecule has 0 radical (unpaired) electrons. The predicted molar refractivity (Wildman–Crippen MR) is 57.4 cm³/mol. The van der Waals surface area contributed by atoms with Gasteiger partial charge in [0.1, 0.15) is 0 Å². The molecule has 2 unspecified atom stereocenters. The lowest BCUT2D eigenvalue weighted by molar-refractivity contribution is 0.280. The highest BCUT2D eigenvalue weighted by atomic mass is 32.2. The summed E-state index contributed by atoms with van der Waals surface area (Å²) in [6.07, 6.45) is 1.78. The molecule has 1 aliphatic rings. The number of hydrogen-bond donors (Lipinski definition) is 1. The van der Waals surface area contributed by atoms with Gasteiger partial charge in [0.25, 0.3) is 0 Å². The van der Waals surface area contributed by atoms with E-state index in [-0.39, 0.29) is 0 Å². The summed E-state index contributed by atoms with van der Waals surface area (Å²) in [7, 11) is -0.646. The molecule has 1 aliphatic heterocycles. The summed E-state index contributed by atoms with van der Waals surface area (Å²) in [4.78, 5) is 2.41. The molecule has 0 aromatic heterocycles. The summed E-state index contributed by atoms with van der Waals surface area (Å²) in [5, 5.41) is 3.40. The third-order valence-electron chi connectivity index (χ3n) is 2.36. The molecule has 2 atom stereocenters. The Bertz CT molecular complexity index is 175. The van der Waals surface area contributed by atoms with Crippen molar-refractivity contribution in [2.24, 2.45) is 5.92 Å². The second kappa shape index (κ2) is 5.73. The van der Waals surface area contributed by atoms with Crippen LogP contribution in [-0.4, -0.2) is 53.8 Å². The fraction of sp³-hybridized carbons (Fsp3) is 1.00. The van der Waals surface area contributed by atoms with Crippen LogP contribution in [0.4, 0.5) is 0 Å². The maximum absolute atomic E-state index is 10.9. The van der Waals surface area contributed by atoms with Gasteiger partial charge in [0.2, 0.25) is 0 Å². The zero-order valence-electron chi connectivity index (χ0n) is 8.58. The van der Waals surface area contributed by atoms with Gasteiger partial charge in [-0.15, -0.1) is 0 Å². The Labute approximate surface area is 83.3 Å². The maximum Gasteiger partial charge on any atom is 0.0359 e. The number of nitrogens with zero attached hydrogens (tertiary/aromatic N) is 1. The Morgan fingerprint density at radius 3 is 3.08 bits per heavy atom. The topological polar surface area (TPSA) is 32.3 Å². The van der Waals surface area contributed by atoms with Crippen molar-refractivity contribution < 1.29 is 4.21 Å². The largest absolute Gasteiger partial charge is 0.315 e. The van der Waals surface area contributed by atoms with Crippen LogP contribution in [0.25, 0.3) is 0 Å². The highest BCUT2D eigenvalue weighted by Gasteiger charge is 2.13. The monoisotopic (exact) mass is 204 g/mol. The fourth-order valence-electron chi connectivity index (χ4n) is 1.64. The zero-order valence-corrected chi connectivity index (χ0v) is 9.40. The van der Waals surface area contributed by atoms with Crippen LogP contribution in [0.1, 0.15) is 6.92 Å². The van der Waals surface area contributed by atoms with Crippen LogP contribution in [0, 0.1) is 5.92 Å². The minimum absolute atomic E-state index is 0.646. The van der Waals surface area contributed by atoms with Gasteiger partial charge in [-0.2, -0.15) is 0 Å². The van der Waals surface area contributed by atoms with Gasteiger partial charge in [-0.1, -0.05) is 6.92 Å². The smallest absolute Gasteiger partial charge is 0.0359 e. The summed E-state index contributed by atoms with van der Waals surface area (Å²) < 4.78 is 10.9. The van der Waals surface area contributed by atoms with Crippen LogP contribution in [0.5, 0.6) is 0 Å². The molecule has 13 heavy (non-hydrogen) atoms. The Morgan fingerprint density at radius 1 is 1.62 bits per heavy atom. The molecule has 0 aliphatic carbocycles. The standard InChI is InChI=1S/C9H20N2OS/c1-9-7-10-3-4-11(8-9)5-6-13(2)12/h9-10H,3-8H2,1-2H3. The Kier molecular flexibility index (Phi) is 4.91. The molecular formula is C9H20N2OS. The second-order valence-corrected chi connectivity index (χ2v) is 5.44. The van der Waals surface area contributed by atoms with Gasteiger partial charge in [-0.05, 0) is 12.5 Å². The highest BCUT2D eigenvalue weighted by molar-refractivity contribution is 7.84. The first-order valence-corrected chi connectivity index (χ1v) is 6.64. The second-order valence-electron chi connectivity index (χ2n) is 3.89. The minimum atomic E-state index is -0.646. The van der Waals surface area contributed by atoms with Crippen LogP contribution in [0.2, 0.25) is 0 Å². The molecule has 1 heterocycles. The van der Waals surface area contributed by atoms with Crippen molar-refractivity contribution in [2.45, 2.75) is 6.92 Å². The molecule has 0 amide bonds. The van der Waals surface area contributed by atoms with Gasteiger partial charge in [0.05, 0.1) is 0 Å². The Balaban J connectivity index is 2.26. The fourth-order valence-corrected chi connectivity index (χ4v) is 2.16. The van der Waals surface area contributed by atoms with Gasteiger partial charge in [-0.25, -0.2) is 0 Å². The SMILES string of the molecule is CC1CNCCN(CCS(C)=O)C1. The molecule has 1 N–H and O–H groups in total. The van der Waals surface area contributed by atoms with E-state index in [9.17, 15) is 4.21 Å². The van der Waals surface area contributed by atoms with Gasteiger partial charge in [0.15, 0.2) is 0 Å². The molecule has 0 bridgehead atoms. The summed E-state index contributed by atoms with van der Waals surface area (Å²) in [6.45, 7) is 7.67. The summed E-state index contributed by atoms with van der Waals surface area (Å²) in [6, 6.07) is 0. The summed E-state index contributed by atoms with van der Waals surface area (Å²) in [5.74, 6) is 1.53. The normalized spacial score (nSPS) is 28.3. The first-order chi connectivity index (χ1) is 6.18. The van der Waals surface area contributed by atoms with Crippen molar-refractivity contribution in [2.75, 3.05) is 44.7 Å². The van der Waals surface area contributed by atoms with Crippen molar-refractivity contribution in [1.82, 2.24) is 10.2 Å². The van der Waals surface area contributed by atoms with E-state index in [0.717, 1.165) is 38.5 Å². The average Bonchev–Trinajstić information content (AvgIpc) is 2.26. The van der Waals surface area contributed by atoms with Crippen LogP contribution >= 0.6 is 0 Å². The van der Waals surface area contributed by atoms with E-state index in [1.165, 1.54) is 0 Å². The molecule has 3 nitrogen and oxygen atoms in total. The number of rotatable bonds is 3. The van der Waals surface area contributed by atoms with Gasteiger partial charge < -0.3 is 10.2 Å². The van der Waals surface area contributed by atoms with E-state index in [4.69, 9.17) is 0 Å². The van der Waals surface area contributed by atoms with Crippen molar-refractivity contribution in [3.8, 4) is 0 Å². The highest BCUT2D eigenvalue weighted by Crippen LogP contribution is 2.01. The van der Waals surface area contributed by atoms with E-state index in [1.807, 2.05) is 0 Å². The van der Waals surface area contributed by atoms with Gasteiger partial charge in [0, 0.05) is 49.0 Å². The lowest BCUT2D eigenvalue weighted by Gasteiger charge is -2.20. The van der Waals surface area contributed by atoms with Crippen molar-refractivity contribution >= 4 is 10.8 Å². The summed E-state index contributed by atoms with van der Waals surface area (Å²) >= 11 is 0. The van der Waals surface area contributed by atoms with E-state index < -0.39 is 10.8 Å². The lowest BCUT2D eigenvalue weighted by atomic mass is 10.2. The number of nitrogens with one attached hydrogen (secondary N) is 1. The molecule has 0 saturated carbocycles. The quantitative estimate of drug-likeness (QED) is 0.697. The van der Waals surface area contributed by atoms with Crippen molar-refractivity contribution in [3.05, 3.63) is 0 Å². The predicted octanol–water partition coefficient (Wildman–Crippen LogP) is -0.0938. The minimum Gasteiger partial charge on any atom is -0.315 e. The van der Waals surface area contributed by atoms with Crippen LogP contribution in [-0.2, 0) is 10.8 Å². The molecule has 1 rings (SSSR count). The Morgan fingerprint density at radius 2 is 2.38 bits per heavy atom. The molecule has 4 heteroatoms. The van der Waals surface area contributed by atoms with E-state index >= 15 is 0 Å². The van der Waals surface area contributed by atoms with Crippen molar-refractivity contribution in [3.63, 3.8) is 0 Å². The van der Waals surface area contributed by atoms with Crippen LogP contribution in [0.15, 0.2) is 0 Å². The molecule has 1 fully saturated rings. The number of hydrogen-bond acceptors (Lipinski definition) is 3. The first-order valence-electron chi connectivity index (χ1n) is 4.91. The molecule has 0 aromatic rings. The third-order valence-corrected chi connectivity index (χ3v) is 3.12. The lowest BCUT2D eigenvalue weighted by Crippen LogP contribution is -2.32. The van der Waals surface area contributed by atoms with Crippen LogP contribution < -0.4 is 5.32 Å². The van der Waals surface area contributed by atoms with Crippen LogP contribution in [0.3, 0.4) is 0 Å². The summed E-state index contributed by atoms with van der Waals surface area (Å²) in [5.41, 5.74) is 0. The van der Waals surface area contributed by atoms with Gasteiger partial charge in [-0.3, -0.25) is 4.21 Å². The van der Waals surface area contributed by atoms with E-state index in [1.54, 1.807) is 6.26 Å².